The van der Waals surface area contributed by atoms with Crippen LogP contribution >= 0.6 is 0 Å². The fourth-order valence-electron chi connectivity index (χ4n) is 2.73. The Labute approximate surface area is 138 Å². The molecule has 0 aromatic carbocycles. The van der Waals surface area contributed by atoms with Crippen molar-refractivity contribution in [2.45, 2.75) is 33.7 Å². The number of methoxy groups -OCH3 is 1. The third-order valence-corrected chi connectivity index (χ3v) is 4.10. The van der Waals surface area contributed by atoms with Crippen molar-refractivity contribution in [2.75, 3.05) is 7.11 Å². The van der Waals surface area contributed by atoms with Crippen LogP contribution in [0.15, 0.2) is 23.3 Å². The molecule has 0 fully saturated rings. The second kappa shape index (κ2) is 6.07. The number of nitrogens with zero attached hydrogens (tertiary/aromatic N) is 4. The number of rotatable bonds is 4. The monoisotopic (exact) mass is 328 g/mol. The van der Waals surface area contributed by atoms with Crippen LogP contribution in [-0.4, -0.2) is 32.2 Å². The molecule has 3 rings (SSSR count). The van der Waals surface area contributed by atoms with Crippen LogP contribution in [0.4, 0.5) is 0 Å². The summed E-state index contributed by atoms with van der Waals surface area (Å²) in [6.07, 6.45) is 4.20. The predicted octanol–water partition coefficient (Wildman–Crippen LogP) is 2.19. The number of aromatic nitrogens is 4. The molecule has 0 atom stereocenters. The zero-order chi connectivity index (χ0) is 17.4. The largest absolute Gasteiger partial charge is 0.465 e. The maximum Gasteiger partial charge on any atom is 0.343 e. The van der Waals surface area contributed by atoms with E-state index in [1.807, 2.05) is 6.07 Å². The second-order valence-electron chi connectivity index (χ2n) is 6.24. The zero-order valence-electron chi connectivity index (χ0n) is 14.2. The van der Waals surface area contributed by atoms with Gasteiger partial charge in [0.2, 0.25) is 0 Å². The van der Waals surface area contributed by atoms with Crippen molar-refractivity contribution in [3.8, 4) is 0 Å². The van der Waals surface area contributed by atoms with Crippen LogP contribution < -0.4 is 5.56 Å². The van der Waals surface area contributed by atoms with Gasteiger partial charge in [0.1, 0.15) is 5.56 Å². The number of ether oxygens (including phenoxy) is 1. The smallest absolute Gasteiger partial charge is 0.343 e. The van der Waals surface area contributed by atoms with Gasteiger partial charge in [-0.1, -0.05) is 13.8 Å². The van der Waals surface area contributed by atoms with Crippen LogP contribution in [0.2, 0.25) is 0 Å². The Bertz CT molecular complexity index is 985. The van der Waals surface area contributed by atoms with Crippen molar-refractivity contribution in [3.63, 3.8) is 0 Å². The van der Waals surface area contributed by atoms with Gasteiger partial charge < -0.3 is 9.30 Å². The highest BCUT2D eigenvalue weighted by Crippen LogP contribution is 2.18. The first-order chi connectivity index (χ1) is 11.4. The number of hydrogen-bond acceptors (Lipinski definition) is 5. The molecule has 3 aromatic heterocycles. The molecule has 0 aliphatic rings. The first-order valence-corrected chi connectivity index (χ1v) is 7.89. The van der Waals surface area contributed by atoms with E-state index in [-0.39, 0.29) is 5.56 Å². The van der Waals surface area contributed by atoms with E-state index in [4.69, 9.17) is 4.74 Å². The summed E-state index contributed by atoms with van der Waals surface area (Å²) in [5.41, 5.74) is 1.76. The number of carbonyl (C=O) groups excluding carboxylic acids is 1. The average molecular weight is 328 g/mol. The quantitative estimate of drug-likeness (QED) is 0.686. The lowest BCUT2D eigenvalue weighted by molar-refractivity contribution is 0.0602. The molecule has 0 aliphatic heterocycles. The van der Waals surface area contributed by atoms with E-state index in [2.05, 4.69) is 23.9 Å². The average Bonchev–Trinajstić information content (AvgIpc) is 2.89. The van der Waals surface area contributed by atoms with E-state index in [9.17, 15) is 9.59 Å². The maximum atomic E-state index is 12.7. The minimum absolute atomic E-state index is 0.102. The number of hydrogen-bond donors (Lipinski definition) is 0. The minimum Gasteiger partial charge on any atom is -0.465 e. The highest BCUT2D eigenvalue weighted by molar-refractivity contribution is 5.98. The van der Waals surface area contributed by atoms with E-state index < -0.39 is 5.97 Å². The Morgan fingerprint density at radius 3 is 2.79 bits per heavy atom. The Balaban J connectivity index is 2.21. The number of aryl methyl sites for hydroxylation is 2. The standard InChI is InChI=1S/C17H20N4O3/c1-10(2)5-7-20-8-6-13-12(16(20)22)9-18-15-14(17(23)24-4)11(3)19-21(13)15/h6,8-10H,5,7H2,1-4H3. The third kappa shape index (κ3) is 2.55. The van der Waals surface area contributed by atoms with Crippen LogP contribution in [0.25, 0.3) is 16.6 Å². The number of esters is 1. The highest BCUT2D eigenvalue weighted by Gasteiger charge is 2.20. The number of pyridine rings is 1. The molecule has 126 valence electrons. The van der Waals surface area contributed by atoms with Gasteiger partial charge in [-0.2, -0.15) is 5.10 Å². The van der Waals surface area contributed by atoms with E-state index in [0.717, 1.165) is 6.42 Å². The molecule has 0 N–H and O–H groups in total. The molecule has 7 heteroatoms. The van der Waals surface area contributed by atoms with Gasteiger partial charge in [-0.05, 0) is 25.3 Å². The number of carbonyl (C=O) groups is 1. The maximum absolute atomic E-state index is 12.7. The molecule has 0 aliphatic carbocycles. The van der Waals surface area contributed by atoms with Gasteiger partial charge in [0.15, 0.2) is 5.65 Å². The molecule has 3 heterocycles. The van der Waals surface area contributed by atoms with Gasteiger partial charge in [-0.25, -0.2) is 14.3 Å². The second-order valence-corrected chi connectivity index (χ2v) is 6.24. The van der Waals surface area contributed by atoms with Crippen molar-refractivity contribution in [2.24, 2.45) is 5.92 Å². The summed E-state index contributed by atoms with van der Waals surface area (Å²) < 4.78 is 8.02. The predicted molar refractivity (Wildman–Crippen MR) is 90.3 cm³/mol. The van der Waals surface area contributed by atoms with E-state index in [1.165, 1.54) is 17.8 Å². The Hall–Kier alpha value is -2.70. The van der Waals surface area contributed by atoms with Gasteiger partial charge in [0, 0.05) is 18.9 Å². The van der Waals surface area contributed by atoms with Gasteiger partial charge in [0.05, 0.1) is 23.7 Å². The van der Waals surface area contributed by atoms with E-state index in [1.54, 1.807) is 17.7 Å². The topological polar surface area (TPSA) is 78.5 Å². The number of fused-ring (bicyclic) bond motifs is 3. The molecule has 0 saturated carbocycles. The van der Waals surface area contributed by atoms with Gasteiger partial charge >= 0.3 is 5.97 Å². The molecule has 7 nitrogen and oxygen atoms in total. The fraction of sp³-hybridized carbons (Fsp3) is 0.412. The zero-order valence-corrected chi connectivity index (χ0v) is 14.2. The lowest BCUT2D eigenvalue weighted by Crippen LogP contribution is -2.21. The minimum atomic E-state index is -0.486. The molecule has 0 saturated heterocycles. The summed E-state index contributed by atoms with van der Waals surface area (Å²) in [4.78, 5) is 28.9. The molecule has 0 amide bonds. The first kappa shape index (κ1) is 16.2. The normalized spacial score (nSPS) is 11.5. The third-order valence-electron chi connectivity index (χ3n) is 4.10. The summed E-state index contributed by atoms with van der Waals surface area (Å²) >= 11 is 0. The van der Waals surface area contributed by atoms with E-state index in [0.29, 0.717) is 40.3 Å². The van der Waals surface area contributed by atoms with Crippen LogP contribution in [0.1, 0.15) is 36.3 Å². The van der Waals surface area contributed by atoms with Crippen molar-refractivity contribution in [3.05, 3.63) is 40.1 Å². The summed E-state index contributed by atoms with van der Waals surface area (Å²) in [7, 11) is 1.32. The molecule has 3 aromatic rings. The Kier molecular flexibility index (Phi) is 4.09. The first-order valence-electron chi connectivity index (χ1n) is 7.89. The Morgan fingerprint density at radius 1 is 1.38 bits per heavy atom. The fourth-order valence-corrected chi connectivity index (χ4v) is 2.73. The highest BCUT2D eigenvalue weighted by atomic mass is 16.5. The van der Waals surface area contributed by atoms with Gasteiger partial charge in [-0.3, -0.25) is 4.79 Å². The summed E-state index contributed by atoms with van der Waals surface area (Å²) in [6, 6.07) is 1.83. The van der Waals surface area contributed by atoms with Gasteiger partial charge in [-0.15, -0.1) is 0 Å². The summed E-state index contributed by atoms with van der Waals surface area (Å²) in [5.74, 6) is 0.0317. The molecule has 0 unspecified atom stereocenters. The van der Waals surface area contributed by atoms with Crippen LogP contribution in [0.5, 0.6) is 0 Å². The SMILES string of the molecule is COC(=O)c1c(C)nn2c1ncc1c(=O)n(CCC(C)C)ccc12. The van der Waals surface area contributed by atoms with Crippen molar-refractivity contribution >= 4 is 22.5 Å². The Morgan fingerprint density at radius 2 is 2.12 bits per heavy atom. The van der Waals surface area contributed by atoms with Crippen molar-refractivity contribution in [1.82, 2.24) is 19.2 Å². The molecule has 0 radical (unpaired) electrons. The van der Waals surface area contributed by atoms with Crippen LogP contribution in [-0.2, 0) is 11.3 Å². The molecule has 0 bridgehead atoms. The lowest BCUT2D eigenvalue weighted by Gasteiger charge is -2.09. The lowest BCUT2D eigenvalue weighted by atomic mass is 10.1. The van der Waals surface area contributed by atoms with Crippen molar-refractivity contribution < 1.29 is 9.53 Å². The summed E-state index contributed by atoms with van der Waals surface area (Å²) in [6.45, 7) is 6.63. The van der Waals surface area contributed by atoms with E-state index >= 15 is 0 Å². The van der Waals surface area contributed by atoms with Gasteiger partial charge in [0.25, 0.3) is 5.56 Å². The van der Waals surface area contributed by atoms with Crippen LogP contribution in [0.3, 0.4) is 0 Å². The molecular formula is C17H20N4O3. The molecule has 24 heavy (non-hydrogen) atoms. The van der Waals surface area contributed by atoms with Crippen LogP contribution in [0, 0.1) is 12.8 Å². The summed E-state index contributed by atoms with van der Waals surface area (Å²) in [5, 5.41) is 4.84. The van der Waals surface area contributed by atoms with Crippen molar-refractivity contribution in [1.29, 1.82) is 0 Å². The molecule has 0 spiro atoms. The molecular weight excluding hydrogens is 308 g/mol.